The van der Waals surface area contributed by atoms with Gasteiger partial charge in [-0.25, -0.2) is 9.69 Å². The van der Waals surface area contributed by atoms with Crippen molar-refractivity contribution in [3.8, 4) is 0 Å². The molecule has 1 N–H and O–H groups in total. The number of halogens is 2. The lowest BCUT2D eigenvalue weighted by atomic mass is 10.3. The van der Waals surface area contributed by atoms with E-state index in [2.05, 4.69) is 0 Å². The number of amides is 3. The van der Waals surface area contributed by atoms with Gasteiger partial charge in [0.05, 0.1) is 7.05 Å². The second-order valence-corrected chi connectivity index (χ2v) is 2.67. The fraction of sp³-hybridized carbons (Fsp3) is 0.600. The van der Waals surface area contributed by atoms with Gasteiger partial charge in [0.15, 0.2) is 6.04 Å². The van der Waals surface area contributed by atoms with Gasteiger partial charge in [0, 0.05) is 11.8 Å². The number of carbonyl (C=O) groups excluding carboxylic acids is 2. The van der Waals surface area contributed by atoms with Crippen molar-refractivity contribution < 1.29 is 26.9 Å². The molecule has 2 unspecified atom stereocenters. The normalized spacial score (nSPS) is 30.6. The van der Waals surface area contributed by atoms with E-state index in [1.165, 1.54) is 0 Å². The predicted molar refractivity (Wildman–Crippen MR) is 34.4 cm³/mol. The van der Waals surface area contributed by atoms with Crippen LogP contribution in [0, 0.1) is 0 Å². The third kappa shape index (κ3) is 1.47. The number of hydrogen-bond donors (Lipinski definition) is 1. The van der Waals surface area contributed by atoms with Crippen LogP contribution in [0.5, 0.6) is 0 Å². The molecule has 1 rings (SSSR count). The van der Waals surface area contributed by atoms with Gasteiger partial charge < -0.3 is 12.4 Å². The monoisotopic (exact) mass is 198 g/mol. The average molecular weight is 199 g/mol. The fourth-order valence-corrected chi connectivity index (χ4v) is 1.08. The summed E-state index contributed by atoms with van der Waals surface area (Å²) >= 11 is 5.32. The molecule has 1 aliphatic rings. The highest BCUT2D eigenvalue weighted by Gasteiger charge is 2.45. The molecule has 0 radical (unpaired) electrons. The molecule has 0 bridgehead atoms. The molecule has 3 amide bonds. The summed E-state index contributed by atoms with van der Waals surface area (Å²) < 4.78 is 0.639. The SMILES string of the molecule is CC1C(=O)N(Cl)C(=O)[NH+]1C.[Cl-]. The summed E-state index contributed by atoms with van der Waals surface area (Å²) in [7, 11) is 1.62. The summed E-state index contributed by atoms with van der Waals surface area (Å²) in [6, 6.07) is -0.718. The minimum atomic E-state index is -0.376. The van der Waals surface area contributed by atoms with Gasteiger partial charge in [0.2, 0.25) is 0 Å². The molecule has 11 heavy (non-hydrogen) atoms. The topological polar surface area (TPSA) is 41.8 Å². The minimum Gasteiger partial charge on any atom is -1.00 e. The van der Waals surface area contributed by atoms with Gasteiger partial charge in [-0.3, -0.25) is 4.79 Å². The van der Waals surface area contributed by atoms with Crippen LogP contribution in [-0.2, 0) is 4.79 Å². The van der Waals surface area contributed by atoms with Gasteiger partial charge in [-0.1, -0.05) is 0 Å². The molecular weight excluding hydrogens is 191 g/mol. The molecule has 1 fully saturated rings. The first kappa shape index (κ1) is 10.7. The van der Waals surface area contributed by atoms with Crippen molar-refractivity contribution in [2.45, 2.75) is 13.0 Å². The first-order valence-corrected chi connectivity index (χ1v) is 3.27. The second kappa shape index (κ2) is 3.38. The van der Waals surface area contributed by atoms with Crippen LogP contribution in [0.15, 0.2) is 0 Å². The lowest BCUT2D eigenvalue weighted by Crippen LogP contribution is -3.13. The van der Waals surface area contributed by atoms with Crippen molar-refractivity contribution >= 4 is 23.7 Å². The zero-order valence-electron chi connectivity index (χ0n) is 6.10. The van der Waals surface area contributed by atoms with Gasteiger partial charge in [-0.2, -0.15) is 0 Å². The number of rotatable bonds is 0. The average Bonchev–Trinajstić information content (AvgIpc) is 2.07. The number of urea groups is 1. The van der Waals surface area contributed by atoms with Gasteiger partial charge >= 0.3 is 11.9 Å². The molecule has 0 spiro atoms. The van der Waals surface area contributed by atoms with E-state index in [0.717, 1.165) is 0 Å². The summed E-state index contributed by atoms with van der Waals surface area (Å²) in [5.74, 6) is -0.329. The van der Waals surface area contributed by atoms with Gasteiger partial charge in [0.1, 0.15) is 0 Å². The largest absolute Gasteiger partial charge is 1.00 e. The Bertz CT molecular complexity index is 177. The van der Waals surface area contributed by atoms with Crippen molar-refractivity contribution in [3.05, 3.63) is 0 Å². The third-order valence-corrected chi connectivity index (χ3v) is 2.05. The molecule has 0 aromatic rings. The van der Waals surface area contributed by atoms with Crippen molar-refractivity contribution in [1.29, 1.82) is 0 Å². The molecule has 2 atom stereocenters. The van der Waals surface area contributed by atoms with Crippen LogP contribution >= 0.6 is 11.8 Å². The smallest absolute Gasteiger partial charge is 0.439 e. The molecule has 4 nitrogen and oxygen atoms in total. The summed E-state index contributed by atoms with van der Waals surface area (Å²) in [4.78, 5) is 22.3. The van der Waals surface area contributed by atoms with E-state index in [1.54, 1.807) is 14.0 Å². The Hall–Kier alpha value is -0.320. The van der Waals surface area contributed by atoms with Gasteiger partial charge in [-0.15, -0.1) is 4.42 Å². The Balaban J connectivity index is 0.000001000. The fourth-order valence-electron chi connectivity index (χ4n) is 0.795. The highest BCUT2D eigenvalue weighted by Crippen LogP contribution is 2.02. The maximum absolute atomic E-state index is 10.9. The van der Waals surface area contributed by atoms with Gasteiger partial charge in [-0.05, 0) is 6.92 Å². The van der Waals surface area contributed by atoms with Crippen LogP contribution in [-0.4, -0.2) is 29.4 Å². The van der Waals surface area contributed by atoms with Crippen molar-refractivity contribution in [3.63, 3.8) is 0 Å². The molecule has 0 aromatic heterocycles. The van der Waals surface area contributed by atoms with Crippen LogP contribution in [0.2, 0.25) is 0 Å². The van der Waals surface area contributed by atoms with Crippen molar-refractivity contribution in [1.82, 2.24) is 4.42 Å². The third-order valence-electron chi connectivity index (χ3n) is 1.73. The Labute approximate surface area is 75.6 Å². The van der Waals surface area contributed by atoms with E-state index in [0.29, 0.717) is 9.32 Å². The maximum atomic E-state index is 10.9. The zero-order valence-corrected chi connectivity index (χ0v) is 7.61. The number of nitrogens with zero attached hydrogens (tertiary/aromatic N) is 1. The second-order valence-electron chi connectivity index (χ2n) is 2.33. The predicted octanol–water partition coefficient (Wildman–Crippen LogP) is -3.99. The Morgan fingerprint density at radius 1 is 1.55 bits per heavy atom. The van der Waals surface area contributed by atoms with Crippen LogP contribution in [0.1, 0.15) is 6.92 Å². The van der Waals surface area contributed by atoms with E-state index in [9.17, 15) is 9.59 Å². The van der Waals surface area contributed by atoms with E-state index < -0.39 is 0 Å². The molecule has 6 heteroatoms. The number of hydrogen-bond acceptors (Lipinski definition) is 2. The number of nitrogens with one attached hydrogen (secondary N) is 1. The molecule has 1 aliphatic heterocycles. The van der Waals surface area contributed by atoms with Crippen molar-refractivity contribution in [2.75, 3.05) is 7.05 Å². The van der Waals surface area contributed by atoms with Crippen molar-refractivity contribution in [2.24, 2.45) is 0 Å². The van der Waals surface area contributed by atoms with Crippen LogP contribution < -0.4 is 17.3 Å². The van der Waals surface area contributed by atoms with E-state index >= 15 is 0 Å². The summed E-state index contributed by atoms with van der Waals surface area (Å²) in [6.07, 6.45) is 0. The highest BCUT2D eigenvalue weighted by molar-refractivity contribution is 6.30. The minimum absolute atomic E-state index is 0. The number of quaternary nitrogens is 1. The summed E-state index contributed by atoms with van der Waals surface area (Å²) in [5.41, 5.74) is 0. The first-order chi connectivity index (χ1) is 4.55. The lowest BCUT2D eigenvalue weighted by Gasteiger charge is -2.02. The number of imide groups is 1. The van der Waals surface area contributed by atoms with E-state index in [-0.39, 0.29) is 30.4 Å². The molecule has 1 heterocycles. The first-order valence-electron chi connectivity index (χ1n) is 2.93. The summed E-state index contributed by atoms with van der Waals surface area (Å²) in [5, 5.41) is 0. The molecule has 0 aromatic carbocycles. The standard InChI is InChI=1S/C5H7ClN2O2.ClH/c1-3-4(9)8(6)5(10)7(3)2;/h3H,1-2H3;1H. The summed E-state index contributed by atoms with van der Waals surface area (Å²) in [6.45, 7) is 1.66. The molecule has 64 valence electrons. The lowest BCUT2D eigenvalue weighted by molar-refractivity contribution is -0.802. The molecule has 0 aliphatic carbocycles. The number of likely N-dealkylation sites (N-methyl/N-ethyl adjacent to an activating group) is 1. The zero-order chi connectivity index (χ0) is 7.89. The maximum Gasteiger partial charge on any atom is 0.439 e. The van der Waals surface area contributed by atoms with Gasteiger partial charge in [0.25, 0.3) is 0 Å². The highest BCUT2D eigenvalue weighted by atomic mass is 35.5. The Morgan fingerprint density at radius 2 is 2.00 bits per heavy atom. The number of carbonyl (C=O) groups is 2. The Kier molecular flexibility index (Phi) is 3.29. The van der Waals surface area contributed by atoms with E-state index in [1.807, 2.05) is 0 Å². The Morgan fingerprint density at radius 3 is 2.09 bits per heavy atom. The molecule has 1 saturated heterocycles. The van der Waals surface area contributed by atoms with Crippen LogP contribution in [0.4, 0.5) is 4.79 Å². The quantitative estimate of drug-likeness (QED) is 0.319. The molecule has 0 saturated carbocycles. The molecular formula is C5H8Cl2N2O2. The van der Waals surface area contributed by atoms with Crippen LogP contribution in [0.3, 0.4) is 0 Å². The van der Waals surface area contributed by atoms with E-state index in [4.69, 9.17) is 11.8 Å². The van der Waals surface area contributed by atoms with Crippen LogP contribution in [0.25, 0.3) is 0 Å².